The Kier molecular flexibility index (Phi) is 5.89. The Bertz CT molecular complexity index is 926. The maximum atomic E-state index is 6.00. The molecule has 144 valence electrons. The monoisotopic (exact) mass is 392 g/mol. The quantitative estimate of drug-likeness (QED) is 0.633. The molecule has 0 spiro atoms. The first-order chi connectivity index (χ1) is 13.7. The molecule has 3 aromatic rings. The molecule has 1 fully saturated rings. The third-order valence-electron chi connectivity index (χ3n) is 5.33. The van der Waals surface area contributed by atoms with Crippen LogP contribution in [0.25, 0.3) is 0 Å². The second-order valence-corrected chi connectivity index (χ2v) is 7.68. The molecule has 1 aliphatic heterocycles. The topological polar surface area (TPSA) is 41.1 Å². The van der Waals surface area contributed by atoms with Gasteiger partial charge in [0.1, 0.15) is 5.82 Å². The van der Waals surface area contributed by atoms with Crippen molar-refractivity contribution in [2.75, 3.05) is 18.9 Å². The highest BCUT2D eigenvalue weighted by atomic mass is 35.5. The van der Waals surface area contributed by atoms with E-state index < -0.39 is 0 Å². The van der Waals surface area contributed by atoms with Crippen LogP contribution in [0.2, 0.25) is 5.02 Å². The van der Waals surface area contributed by atoms with Crippen molar-refractivity contribution in [3.05, 3.63) is 88.3 Å². The molecule has 0 bridgehead atoms. The second kappa shape index (κ2) is 8.72. The van der Waals surface area contributed by atoms with Crippen LogP contribution in [0.4, 0.5) is 5.82 Å². The van der Waals surface area contributed by atoms with Crippen LogP contribution >= 0.6 is 11.6 Å². The van der Waals surface area contributed by atoms with Crippen LogP contribution in [0.3, 0.4) is 0 Å². The summed E-state index contributed by atoms with van der Waals surface area (Å²) in [5.74, 6) is 0.956. The fourth-order valence-corrected chi connectivity index (χ4v) is 4.08. The number of hydrogen-bond acceptors (Lipinski definition) is 4. The Morgan fingerprint density at radius 1 is 1.11 bits per heavy atom. The first-order valence-electron chi connectivity index (χ1n) is 9.79. The van der Waals surface area contributed by atoms with Crippen molar-refractivity contribution in [3.63, 3.8) is 0 Å². The lowest BCUT2D eigenvalue weighted by Crippen LogP contribution is -2.24. The van der Waals surface area contributed by atoms with E-state index in [1.54, 1.807) is 0 Å². The fourth-order valence-electron chi connectivity index (χ4n) is 3.95. The molecule has 3 heterocycles. The highest BCUT2D eigenvalue weighted by Crippen LogP contribution is 2.33. The number of pyridine rings is 2. The molecule has 0 unspecified atom stereocenters. The third-order valence-corrected chi connectivity index (χ3v) is 5.59. The Morgan fingerprint density at radius 3 is 2.79 bits per heavy atom. The van der Waals surface area contributed by atoms with E-state index in [9.17, 15) is 0 Å². The Morgan fingerprint density at radius 2 is 1.96 bits per heavy atom. The van der Waals surface area contributed by atoms with Crippen LogP contribution in [-0.4, -0.2) is 28.5 Å². The van der Waals surface area contributed by atoms with Crippen LogP contribution in [0.15, 0.2) is 60.8 Å². The van der Waals surface area contributed by atoms with Gasteiger partial charge in [-0.15, -0.1) is 0 Å². The first-order valence-corrected chi connectivity index (χ1v) is 10.2. The van der Waals surface area contributed by atoms with Gasteiger partial charge in [-0.05, 0) is 55.3 Å². The van der Waals surface area contributed by atoms with Crippen molar-refractivity contribution < 1.29 is 0 Å². The number of anilines is 1. The van der Waals surface area contributed by atoms with Gasteiger partial charge in [0.05, 0.1) is 11.7 Å². The molecule has 0 radical (unpaired) electrons. The van der Waals surface area contributed by atoms with Gasteiger partial charge in [-0.3, -0.25) is 9.88 Å². The summed E-state index contributed by atoms with van der Waals surface area (Å²) >= 11 is 6.00. The van der Waals surface area contributed by atoms with Gasteiger partial charge < -0.3 is 5.32 Å². The van der Waals surface area contributed by atoms with Gasteiger partial charge in [0, 0.05) is 42.5 Å². The van der Waals surface area contributed by atoms with Crippen LogP contribution in [-0.2, 0) is 13.0 Å². The number of benzene rings is 1. The van der Waals surface area contributed by atoms with Gasteiger partial charge in [-0.2, -0.15) is 0 Å². The molecule has 1 N–H and O–H groups in total. The zero-order chi connectivity index (χ0) is 19.3. The van der Waals surface area contributed by atoms with Crippen LogP contribution in [0.5, 0.6) is 0 Å². The number of hydrogen-bond donors (Lipinski definition) is 1. The van der Waals surface area contributed by atoms with Gasteiger partial charge in [-0.1, -0.05) is 35.9 Å². The predicted octanol–water partition coefficient (Wildman–Crippen LogP) is 5.10. The minimum absolute atomic E-state index is 0.357. The highest BCUT2D eigenvalue weighted by molar-refractivity contribution is 6.30. The molecule has 28 heavy (non-hydrogen) atoms. The Hall–Kier alpha value is -2.43. The maximum absolute atomic E-state index is 6.00. The lowest BCUT2D eigenvalue weighted by atomic mass is 10.1. The molecule has 1 atom stereocenters. The number of aromatic nitrogens is 2. The van der Waals surface area contributed by atoms with E-state index in [2.05, 4.69) is 51.6 Å². The molecular weight excluding hydrogens is 368 g/mol. The molecule has 0 saturated carbocycles. The number of rotatable bonds is 6. The number of nitrogens with zero attached hydrogens (tertiary/aromatic N) is 3. The lowest BCUT2D eigenvalue weighted by Gasteiger charge is -2.25. The van der Waals surface area contributed by atoms with E-state index >= 15 is 0 Å². The van der Waals surface area contributed by atoms with Crippen LogP contribution in [0.1, 0.15) is 41.4 Å². The smallest absolute Gasteiger partial charge is 0.130 e. The largest absolute Gasteiger partial charge is 0.373 e. The van der Waals surface area contributed by atoms with Gasteiger partial charge in [-0.25, -0.2) is 4.98 Å². The summed E-state index contributed by atoms with van der Waals surface area (Å²) in [6.45, 7) is 1.98. The molecule has 5 heteroatoms. The summed E-state index contributed by atoms with van der Waals surface area (Å²) in [6, 6.07) is 18.9. The van der Waals surface area contributed by atoms with E-state index in [-0.39, 0.29) is 0 Å². The van der Waals surface area contributed by atoms with E-state index in [0.717, 1.165) is 42.5 Å². The summed E-state index contributed by atoms with van der Waals surface area (Å²) in [5, 5.41) is 3.97. The molecule has 1 aromatic carbocycles. The van der Waals surface area contributed by atoms with Crippen molar-refractivity contribution >= 4 is 17.4 Å². The molecular formula is C23H25ClN4. The van der Waals surface area contributed by atoms with Crippen LogP contribution < -0.4 is 5.32 Å². The average molecular weight is 393 g/mol. The summed E-state index contributed by atoms with van der Waals surface area (Å²) in [7, 11) is 1.93. The summed E-state index contributed by atoms with van der Waals surface area (Å²) in [6.07, 6.45) is 5.00. The fraction of sp³-hybridized carbons (Fsp3) is 0.304. The molecule has 1 aliphatic rings. The van der Waals surface area contributed by atoms with Crippen molar-refractivity contribution in [1.29, 1.82) is 0 Å². The van der Waals surface area contributed by atoms with Crippen molar-refractivity contribution in [2.24, 2.45) is 0 Å². The summed E-state index contributed by atoms with van der Waals surface area (Å²) < 4.78 is 0. The van der Waals surface area contributed by atoms with E-state index in [0.29, 0.717) is 6.04 Å². The summed E-state index contributed by atoms with van der Waals surface area (Å²) in [5.41, 5.74) is 4.73. The van der Waals surface area contributed by atoms with Gasteiger partial charge in [0.15, 0.2) is 0 Å². The third kappa shape index (κ3) is 4.34. The highest BCUT2D eigenvalue weighted by Gasteiger charge is 2.27. The average Bonchev–Trinajstić information content (AvgIpc) is 3.19. The first kappa shape index (κ1) is 18.9. The predicted molar refractivity (Wildman–Crippen MR) is 115 cm³/mol. The molecule has 0 amide bonds. The van der Waals surface area contributed by atoms with Gasteiger partial charge in [0.25, 0.3) is 0 Å². The Balaban J connectivity index is 1.52. The standard InChI is InChI=1S/C23H25ClN4/c1-25-23-18(5-3-13-26-23)16-28-14-4-8-22(28)21-7-2-6-20(27-21)15-17-9-11-19(24)12-10-17/h2-3,5-7,9-13,22H,4,8,14-16H2,1H3,(H,25,26)/t22-/m0/s1. The number of likely N-dealkylation sites (tertiary alicyclic amines) is 1. The van der Waals surface area contributed by atoms with E-state index in [1.807, 2.05) is 31.4 Å². The molecule has 2 aromatic heterocycles. The number of nitrogens with one attached hydrogen (secondary N) is 1. The second-order valence-electron chi connectivity index (χ2n) is 7.25. The van der Waals surface area contributed by atoms with Crippen molar-refractivity contribution in [1.82, 2.24) is 14.9 Å². The van der Waals surface area contributed by atoms with Crippen molar-refractivity contribution in [2.45, 2.75) is 31.8 Å². The number of halogens is 1. The zero-order valence-corrected chi connectivity index (χ0v) is 16.9. The van der Waals surface area contributed by atoms with Gasteiger partial charge in [0.2, 0.25) is 0 Å². The van der Waals surface area contributed by atoms with Crippen molar-refractivity contribution in [3.8, 4) is 0 Å². The van der Waals surface area contributed by atoms with E-state index in [4.69, 9.17) is 16.6 Å². The zero-order valence-electron chi connectivity index (χ0n) is 16.1. The molecule has 4 nitrogen and oxygen atoms in total. The Labute approximate surface area is 171 Å². The SMILES string of the molecule is CNc1ncccc1CN1CCC[C@H]1c1cccc(Cc2ccc(Cl)cc2)n1. The lowest BCUT2D eigenvalue weighted by molar-refractivity contribution is 0.244. The minimum atomic E-state index is 0.357. The molecule has 4 rings (SSSR count). The maximum Gasteiger partial charge on any atom is 0.130 e. The van der Waals surface area contributed by atoms with Crippen LogP contribution in [0, 0.1) is 0 Å². The molecule has 0 aliphatic carbocycles. The minimum Gasteiger partial charge on any atom is -0.373 e. The van der Waals surface area contributed by atoms with Gasteiger partial charge >= 0.3 is 0 Å². The normalized spacial score (nSPS) is 17.0. The molecule has 1 saturated heterocycles. The van der Waals surface area contributed by atoms with E-state index in [1.165, 1.54) is 23.2 Å². The summed E-state index contributed by atoms with van der Waals surface area (Å²) in [4.78, 5) is 12.0.